The largest absolute Gasteiger partial charge is 0.445 e. The van der Waals surface area contributed by atoms with E-state index in [1.54, 1.807) is 48.5 Å². The number of amides is 2. The molecule has 1 saturated heterocycles. The van der Waals surface area contributed by atoms with Crippen molar-refractivity contribution in [3.05, 3.63) is 58.6 Å². The zero-order chi connectivity index (χ0) is 17.8. The van der Waals surface area contributed by atoms with Crippen LogP contribution in [0.5, 0.6) is 0 Å². The van der Waals surface area contributed by atoms with Gasteiger partial charge in [-0.1, -0.05) is 23.2 Å². The number of carbonyl (C=O) groups excluding carboxylic acids is 2. The smallest absolute Gasteiger partial charge is 0.414 e. The van der Waals surface area contributed by atoms with Crippen LogP contribution in [-0.2, 0) is 9.47 Å². The highest BCUT2D eigenvalue weighted by Crippen LogP contribution is 2.23. The molecule has 25 heavy (non-hydrogen) atoms. The van der Waals surface area contributed by atoms with Gasteiger partial charge in [-0.25, -0.2) is 9.59 Å². The average molecular weight is 381 g/mol. The lowest BCUT2D eigenvalue weighted by Crippen LogP contribution is -2.27. The molecule has 130 valence electrons. The summed E-state index contributed by atoms with van der Waals surface area (Å²) >= 11 is 11.6. The van der Waals surface area contributed by atoms with Crippen LogP contribution < -0.4 is 10.2 Å². The van der Waals surface area contributed by atoms with Crippen molar-refractivity contribution in [3.8, 4) is 0 Å². The van der Waals surface area contributed by atoms with Crippen molar-refractivity contribution < 1.29 is 19.1 Å². The minimum atomic E-state index is -0.636. The molecule has 1 aliphatic rings. The Balaban J connectivity index is 1.50. The van der Waals surface area contributed by atoms with E-state index in [0.717, 1.165) is 0 Å². The first-order valence-electron chi connectivity index (χ1n) is 7.44. The zero-order valence-electron chi connectivity index (χ0n) is 12.9. The molecule has 0 saturated carbocycles. The van der Waals surface area contributed by atoms with Crippen LogP contribution in [0.1, 0.15) is 0 Å². The fourth-order valence-electron chi connectivity index (χ4n) is 2.30. The average Bonchev–Trinajstić information content (AvgIpc) is 2.97. The Morgan fingerprint density at radius 2 is 1.72 bits per heavy atom. The number of cyclic esters (lactones) is 1. The molecule has 1 fully saturated rings. The molecule has 6 nitrogen and oxygen atoms in total. The third-order valence-corrected chi connectivity index (χ3v) is 4.01. The summed E-state index contributed by atoms with van der Waals surface area (Å²) in [5, 5.41) is 3.71. The SMILES string of the molecule is O=C(Nc1ccc(Cl)cc1)OCC1CN(c2ccc(Cl)cc2)C(=O)O1. The molecule has 1 heterocycles. The second-order valence-electron chi connectivity index (χ2n) is 5.32. The lowest BCUT2D eigenvalue weighted by Gasteiger charge is -2.13. The Bertz CT molecular complexity index is 765. The van der Waals surface area contributed by atoms with Gasteiger partial charge in [0.15, 0.2) is 6.10 Å². The summed E-state index contributed by atoms with van der Waals surface area (Å²) in [5.41, 5.74) is 1.23. The van der Waals surface area contributed by atoms with Gasteiger partial charge in [0.1, 0.15) is 6.61 Å². The van der Waals surface area contributed by atoms with E-state index < -0.39 is 18.3 Å². The van der Waals surface area contributed by atoms with Gasteiger partial charge in [-0.3, -0.25) is 10.2 Å². The third kappa shape index (κ3) is 4.55. The predicted octanol–water partition coefficient (Wildman–Crippen LogP) is 4.57. The highest BCUT2D eigenvalue weighted by molar-refractivity contribution is 6.30. The zero-order valence-corrected chi connectivity index (χ0v) is 14.5. The molecule has 1 aliphatic heterocycles. The van der Waals surface area contributed by atoms with Crippen LogP contribution in [0, 0.1) is 0 Å². The quantitative estimate of drug-likeness (QED) is 0.843. The van der Waals surface area contributed by atoms with Gasteiger partial charge in [-0.2, -0.15) is 0 Å². The highest BCUT2D eigenvalue weighted by atomic mass is 35.5. The van der Waals surface area contributed by atoms with Gasteiger partial charge in [0, 0.05) is 21.4 Å². The summed E-state index contributed by atoms with van der Waals surface area (Å²) in [4.78, 5) is 25.2. The van der Waals surface area contributed by atoms with Gasteiger partial charge in [0.2, 0.25) is 0 Å². The number of carbonyl (C=O) groups is 2. The van der Waals surface area contributed by atoms with Gasteiger partial charge in [-0.15, -0.1) is 0 Å². The molecule has 0 aromatic heterocycles. The fourth-order valence-corrected chi connectivity index (χ4v) is 2.55. The molecular weight excluding hydrogens is 367 g/mol. The van der Waals surface area contributed by atoms with Crippen molar-refractivity contribution >= 4 is 46.8 Å². The van der Waals surface area contributed by atoms with Gasteiger partial charge >= 0.3 is 12.2 Å². The summed E-state index contributed by atoms with van der Waals surface area (Å²) in [5.74, 6) is 0. The molecule has 2 aromatic rings. The van der Waals surface area contributed by atoms with E-state index in [9.17, 15) is 9.59 Å². The molecule has 0 spiro atoms. The maximum absolute atomic E-state index is 11.9. The second kappa shape index (κ2) is 7.63. The van der Waals surface area contributed by atoms with Crippen molar-refractivity contribution in [2.45, 2.75) is 6.10 Å². The highest BCUT2D eigenvalue weighted by Gasteiger charge is 2.33. The lowest BCUT2D eigenvalue weighted by atomic mass is 10.3. The van der Waals surface area contributed by atoms with Crippen molar-refractivity contribution in [3.63, 3.8) is 0 Å². The van der Waals surface area contributed by atoms with Crippen molar-refractivity contribution in [1.29, 1.82) is 0 Å². The molecule has 1 unspecified atom stereocenters. The standard InChI is InChI=1S/C17H14Cl2N2O4/c18-11-1-5-13(6-2-11)20-16(22)24-10-15-9-21(17(23)25-15)14-7-3-12(19)4-8-14/h1-8,15H,9-10H2,(H,20,22). The number of anilines is 2. The summed E-state index contributed by atoms with van der Waals surface area (Å²) in [7, 11) is 0. The van der Waals surface area contributed by atoms with Crippen molar-refractivity contribution in [1.82, 2.24) is 0 Å². The van der Waals surface area contributed by atoms with Crippen LogP contribution in [0.4, 0.5) is 21.0 Å². The van der Waals surface area contributed by atoms with E-state index >= 15 is 0 Å². The molecule has 1 atom stereocenters. The summed E-state index contributed by atoms with van der Waals surface area (Å²) in [6.45, 7) is 0.240. The number of hydrogen-bond acceptors (Lipinski definition) is 4. The van der Waals surface area contributed by atoms with E-state index in [4.69, 9.17) is 32.7 Å². The molecule has 0 bridgehead atoms. The molecule has 2 amide bonds. The number of hydrogen-bond donors (Lipinski definition) is 1. The summed E-state index contributed by atoms with van der Waals surface area (Å²) in [6.07, 6.45) is -1.67. The number of halogens is 2. The van der Waals surface area contributed by atoms with E-state index in [0.29, 0.717) is 21.4 Å². The molecule has 3 rings (SSSR count). The first kappa shape index (κ1) is 17.4. The van der Waals surface area contributed by atoms with Crippen molar-refractivity contribution in [2.75, 3.05) is 23.4 Å². The lowest BCUT2D eigenvalue weighted by molar-refractivity contribution is 0.0798. The predicted molar refractivity (Wildman–Crippen MR) is 95.5 cm³/mol. The minimum Gasteiger partial charge on any atom is -0.445 e. The normalized spacial score (nSPS) is 16.5. The van der Waals surface area contributed by atoms with Crippen LogP contribution >= 0.6 is 23.2 Å². The van der Waals surface area contributed by atoms with E-state index in [2.05, 4.69) is 5.32 Å². The van der Waals surface area contributed by atoms with Gasteiger partial charge < -0.3 is 9.47 Å². The third-order valence-electron chi connectivity index (χ3n) is 3.50. The Morgan fingerprint density at radius 3 is 2.36 bits per heavy atom. The van der Waals surface area contributed by atoms with Crippen LogP contribution in [0.3, 0.4) is 0 Å². The fraction of sp³-hybridized carbons (Fsp3) is 0.176. The van der Waals surface area contributed by atoms with Crippen LogP contribution in [0.15, 0.2) is 48.5 Å². The van der Waals surface area contributed by atoms with Crippen LogP contribution in [0.25, 0.3) is 0 Å². The molecular formula is C17H14Cl2N2O4. The maximum atomic E-state index is 11.9. The van der Waals surface area contributed by atoms with E-state index in [1.807, 2.05) is 0 Å². The van der Waals surface area contributed by atoms with E-state index in [-0.39, 0.29) is 13.2 Å². The van der Waals surface area contributed by atoms with Gasteiger partial charge in [-0.05, 0) is 48.5 Å². The Morgan fingerprint density at radius 1 is 1.12 bits per heavy atom. The van der Waals surface area contributed by atoms with Crippen molar-refractivity contribution in [2.24, 2.45) is 0 Å². The topological polar surface area (TPSA) is 67.9 Å². The number of benzene rings is 2. The second-order valence-corrected chi connectivity index (χ2v) is 6.20. The number of ether oxygens (including phenoxy) is 2. The minimum absolute atomic E-state index is 0.0464. The first-order valence-corrected chi connectivity index (χ1v) is 8.20. The Kier molecular flexibility index (Phi) is 5.31. The monoisotopic (exact) mass is 380 g/mol. The van der Waals surface area contributed by atoms with Gasteiger partial charge in [0.05, 0.1) is 6.54 Å². The number of rotatable bonds is 4. The molecule has 0 radical (unpaired) electrons. The van der Waals surface area contributed by atoms with Crippen LogP contribution in [-0.4, -0.2) is 31.4 Å². The van der Waals surface area contributed by atoms with Crippen LogP contribution in [0.2, 0.25) is 10.0 Å². The van der Waals surface area contributed by atoms with Gasteiger partial charge in [0.25, 0.3) is 0 Å². The maximum Gasteiger partial charge on any atom is 0.414 e. The summed E-state index contributed by atoms with van der Waals surface area (Å²) in [6, 6.07) is 13.4. The molecule has 8 heteroatoms. The first-order chi connectivity index (χ1) is 12.0. The molecule has 0 aliphatic carbocycles. The number of nitrogens with one attached hydrogen (secondary N) is 1. The molecule has 1 N–H and O–H groups in total. The Labute approximate surface area is 154 Å². The molecule has 2 aromatic carbocycles. The number of nitrogens with zero attached hydrogens (tertiary/aromatic N) is 1. The summed E-state index contributed by atoms with van der Waals surface area (Å²) < 4.78 is 10.3. The van der Waals surface area contributed by atoms with E-state index in [1.165, 1.54) is 4.90 Å². The Hall–Kier alpha value is -2.44.